The first-order valence-electron chi connectivity index (χ1n) is 4.85. The van der Waals surface area contributed by atoms with Gasteiger partial charge in [0.05, 0.1) is 13.2 Å². The van der Waals surface area contributed by atoms with Crippen LogP contribution in [-0.4, -0.2) is 13.2 Å². The average molecular weight is 257 g/mol. The van der Waals surface area contributed by atoms with Gasteiger partial charge in [-0.2, -0.15) is 0 Å². The summed E-state index contributed by atoms with van der Waals surface area (Å²) in [5, 5.41) is 0. The quantitative estimate of drug-likeness (QED) is 0.757. The standard InChI is InChI=1S/C11H13BrO2/c1-2-13-8-3-4-11-9(7-8)10(12)5-6-14-11/h3-4,7,10H,2,5-6H2,1H3. The highest BCUT2D eigenvalue weighted by molar-refractivity contribution is 9.09. The second-order valence-electron chi connectivity index (χ2n) is 3.24. The average Bonchev–Trinajstić information content (AvgIpc) is 2.20. The minimum absolute atomic E-state index is 0.395. The number of ether oxygens (including phenoxy) is 2. The molecule has 0 aromatic heterocycles. The highest BCUT2D eigenvalue weighted by Crippen LogP contribution is 2.39. The van der Waals surface area contributed by atoms with Crippen LogP contribution in [0.1, 0.15) is 23.7 Å². The van der Waals surface area contributed by atoms with Gasteiger partial charge in [-0.25, -0.2) is 0 Å². The molecule has 0 radical (unpaired) electrons. The molecule has 1 aliphatic heterocycles. The lowest BCUT2D eigenvalue weighted by Crippen LogP contribution is -2.10. The Bertz CT molecular complexity index is 325. The number of rotatable bonds is 2. The Morgan fingerprint density at radius 1 is 1.57 bits per heavy atom. The summed E-state index contributed by atoms with van der Waals surface area (Å²) in [7, 11) is 0. The summed E-state index contributed by atoms with van der Waals surface area (Å²) in [5.74, 6) is 1.89. The fourth-order valence-electron chi connectivity index (χ4n) is 1.59. The maximum Gasteiger partial charge on any atom is 0.123 e. The van der Waals surface area contributed by atoms with Gasteiger partial charge in [0.1, 0.15) is 11.5 Å². The van der Waals surface area contributed by atoms with E-state index < -0.39 is 0 Å². The highest BCUT2D eigenvalue weighted by Gasteiger charge is 2.19. The maximum absolute atomic E-state index is 5.54. The molecule has 1 aromatic carbocycles. The summed E-state index contributed by atoms with van der Waals surface area (Å²) in [6.07, 6.45) is 1.02. The molecule has 1 aromatic rings. The molecule has 0 N–H and O–H groups in total. The van der Waals surface area contributed by atoms with E-state index in [4.69, 9.17) is 9.47 Å². The van der Waals surface area contributed by atoms with Gasteiger partial charge in [0.2, 0.25) is 0 Å². The van der Waals surface area contributed by atoms with Gasteiger partial charge in [-0.3, -0.25) is 0 Å². The van der Waals surface area contributed by atoms with Crippen molar-refractivity contribution in [1.29, 1.82) is 0 Å². The van der Waals surface area contributed by atoms with Crippen LogP contribution in [0.5, 0.6) is 11.5 Å². The molecule has 14 heavy (non-hydrogen) atoms. The van der Waals surface area contributed by atoms with Crippen molar-refractivity contribution in [2.45, 2.75) is 18.2 Å². The van der Waals surface area contributed by atoms with Crippen LogP contribution in [0.2, 0.25) is 0 Å². The fraction of sp³-hybridized carbons (Fsp3) is 0.455. The van der Waals surface area contributed by atoms with E-state index in [1.807, 2.05) is 19.1 Å². The zero-order chi connectivity index (χ0) is 9.97. The minimum atomic E-state index is 0.395. The molecule has 2 nitrogen and oxygen atoms in total. The Morgan fingerprint density at radius 3 is 3.21 bits per heavy atom. The smallest absolute Gasteiger partial charge is 0.123 e. The molecule has 0 saturated heterocycles. The van der Waals surface area contributed by atoms with Crippen LogP contribution >= 0.6 is 15.9 Å². The lowest BCUT2D eigenvalue weighted by Gasteiger charge is -2.22. The van der Waals surface area contributed by atoms with Crippen molar-refractivity contribution in [2.75, 3.05) is 13.2 Å². The van der Waals surface area contributed by atoms with Crippen LogP contribution in [0.15, 0.2) is 18.2 Å². The van der Waals surface area contributed by atoms with Crippen LogP contribution in [0, 0.1) is 0 Å². The highest BCUT2D eigenvalue weighted by atomic mass is 79.9. The van der Waals surface area contributed by atoms with Crippen LogP contribution in [0.4, 0.5) is 0 Å². The van der Waals surface area contributed by atoms with E-state index in [0.29, 0.717) is 11.4 Å². The number of hydrogen-bond acceptors (Lipinski definition) is 2. The van der Waals surface area contributed by atoms with Crippen molar-refractivity contribution in [2.24, 2.45) is 0 Å². The molecule has 0 amide bonds. The fourth-order valence-corrected chi connectivity index (χ4v) is 2.13. The van der Waals surface area contributed by atoms with Crippen molar-refractivity contribution < 1.29 is 9.47 Å². The lowest BCUT2D eigenvalue weighted by molar-refractivity contribution is 0.285. The van der Waals surface area contributed by atoms with Crippen molar-refractivity contribution >= 4 is 15.9 Å². The zero-order valence-electron chi connectivity index (χ0n) is 8.13. The van der Waals surface area contributed by atoms with E-state index in [9.17, 15) is 0 Å². The third kappa shape index (κ3) is 1.87. The molecule has 3 heteroatoms. The van der Waals surface area contributed by atoms with Gasteiger partial charge in [0.15, 0.2) is 0 Å². The molecular weight excluding hydrogens is 244 g/mol. The topological polar surface area (TPSA) is 18.5 Å². The molecule has 0 fully saturated rings. The second kappa shape index (κ2) is 4.22. The Morgan fingerprint density at radius 2 is 2.43 bits per heavy atom. The monoisotopic (exact) mass is 256 g/mol. The lowest BCUT2D eigenvalue weighted by atomic mass is 10.1. The SMILES string of the molecule is CCOc1ccc2c(c1)C(Br)CCO2. The van der Waals surface area contributed by atoms with Crippen molar-refractivity contribution in [1.82, 2.24) is 0 Å². The normalized spacial score (nSPS) is 19.7. The molecule has 0 aliphatic carbocycles. The summed E-state index contributed by atoms with van der Waals surface area (Å²) in [6.45, 7) is 3.48. The molecule has 1 atom stereocenters. The van der Waals surface area contributed by atoms with E-state index in [2.05, 4.69) is 22.0 Å². The van der Waals surface area contributed by atoms with Crippen molar-refractivity contribution in [3.63, 3.8) is 0 Å². The third-order valence-electron chi connectivity index (χ3n) is 2.26. The first kappa shape index (κ1) is 9.84. The molecule has 1 unspecified atom stereocenters. The predicted octanol–water partition coefficient (Wildman–Crippen LogP) is 3.30. The number of halogens is 1. The van der Waals surface area contributed by atoms with E-state index in [1.54, 1.807) is 0 Å². The first-order chi connectivity index (χ1) is 6.81. The molecule has 2 rings (SSSR count). The zero-order valence-corrected chi connectivity index (χ0v) is 9.71. The summed E-state index contributed by atoms with van der Waals surface area (Å²) < 4.78 is 11.0. The molecule has 0 bridgehead atoms. The molecule has 1 heterocycles. The van der Waals surface area contributed by atoms with E-state index in [0.717, 1.165) is 24.5 Å². The van der Waals surface area contributed by atoms with Crippen molar-refractivity contribution in [3.8, 4) is 11.5 Å². The Kier molecular flexibility index (Phi) is 2.96. The van der Waals surface area contributed by atoms with Gasteiger partial charge in [-0.15, -0.1) is 0 Å². The summed E-state index contributed by atoms with van der Waals surface area (Å²) >= 11 is 3.64. The van der Waals surface area contributed by atoms with Gasteiger partial charge >= 0.3 is 0 Å². The van der Waals surface area contributed by atoms with Crippen LogP contribution in [0.3, 0.4) is 0 Å². The van der Waals surface area contributed by atoms with Gasteiger partial charge in [-0.05, 0) is 31.5 Å². The van der Waals surface area contributed by atoms with Gasteiger partial charge in [0, 0.05) is 10.4 Å². The maximum atomic E-state index is 5.54. The summed E-state index contributed by atoms with van der Waals surface area (Å²) in [5.41, 5.74) is 1.20. The van der Waals surface area contributed by atoms with E-state index >= 15 is 0 Å². The van der Waals surface area contributed by atoms with E-state index in [1.165, 1.54) is 5.56 Å². The Balaban J connectivity index is 2.31. The number of alkyl halides is 1. The van der Waals surface area contributed by atoms with E-state index in [-0.39, 0.29) is 0 Å². The molecule has 0 saturated carbocycles. The van der Waals surface area contributed by atoms with Gasteiger partial charge in [0.25, 0.3) is 0 Å². The molecular formula is C11H13BrO2. The van der Waals surface area contributed by atoms with Gasteiger partial charge in [-0.1, -0.05) is 15.9 Å². The number of benzene rings is 1. The molecule has 1 aliphatic rings. The van der Waals surface area contributed by atoms with Crippen LogP contribution < -0.4 is 9.47 Å². The number of fused-ring (bicyclic) bond motifs is 1. The molecule has 76 valence electrons. The summed E-state index contributed by atoms with van der Waals surface area (Å²) in [6, 6.07) is 5.98. The summed E-state index contributed by atoms with van der Waals surface area (Å²) in [4.78, 5) is 0.395. The minimum Gasteiger partial charge on any atom is -0.494 e. The largest absolute Gasteiger partial charge is 0.494 e. The van der Waals surface area contributed by atoms with Crippen molar-refractivity contribution in [3.05, 3.63) is 23.8 Å². The van der Waals surface area contributed by atoms with Gasteiger partial charge < -0.3 is 9.47 Å². The third-order valence-corrected chi connectivity index (χ3v) is 3.21. The van der Waals surface area contributed by atoms with Crippen LogP contribution in [0.25, 0.3) is 0 Å². The van der Waals surface area contributed by atoms with Crippen LogP contribution in [-0.2, 0) is 0 Å². The Hall–Kier alpha value is -0.700. The number of hydrogen-bond donors (Lipinski definition) is 0. The first-order valence-corrected chi connectivity index (χ1v) is 5.76. The second-order valence-corrected chi connectivity index (χ2v) is 4.34. The Labute approximate surface area is 92.3 Å². The molecule has 0 spiro atoms. The predicted molar refractivity (Wildman–Crippen MR) is 59.4 cm³/mol.